The van der Waals surface area contributed by atoms with Crippen molar-refractivity contribution in [3.63, 3.8) is 0 Å². The van der Waals surface area contributed by atoms with Crippen LogP contribution >= 0.6 is 0 Å². The van der Waals surface area contributed by atoms with Gasteiger partial charge < -0.3 is 9.84 Å². The van der Waals surface area contributed by atoms with Gasteiger partial charge in [-0.25, -0.2) is 13.1 Å². The molecule has 2 rings (SSSR count). The molecule has 1 aromatic carbocycles. The summed E-state index contributed by atoms with van der Waals surface area (Å²) in [6.45, 7) is 3.36. The van der Waals surface area contributed by atoms with Gasteiger partial charge in [0.2, 0.25) is 10.0 Å². The second-order valence-corrected chi connectivity index (χ2v) is 7.04. The van der Waals surface area contributed by atoms with Crippen LogP contribution in [0.15, 0.2) is 29.2 Å². The summed E-state index contributed by atoms with van der Waals surface area (Å²) in [5.74, 6) is -0.205. The van der Waals surface area contributed by atoms with E-state index in [1.165, 1.54) is 25.1 Å². The Bertz CT molecular complexity index is 643. The largest absolute Gasteiger partial charge is 0.386 e. The topological polar surface area (TPSA) is 92.7 Å². The van der Waals surface area contributed by atoms with Crippen LogP contribution in [0.5, 0.6) is 0 Å². The summed E-state index contributed by atoms with van der Waals surface area (Å²) in [6, 6.07) is 5.81. The highest BCUT2D eigenvalue weighted by molar-refractivity contribution is 7.89. The number of sulfonamides is 1. The maximum absolute atomic E-state index is 12.2. The van der Waals surface area contributed by atoms with E-state index >= 15 is 0 Å². The van der Waals surface area contributed by atoms with Gasteiger partial charge in [0.25, 0.3) is 0 Å². The first-order valence-electron chi connectivity index (χ1n) is 6.69. The van der Waals surface area contributed by atoms with Gasteiger partial charge in [0, 0.05) is 25.1 Å². The van der Waals surface area contributed by atoms with E-state index in [2.05, 4.69) is 4.72 Å². The number of carbonyl (C=O) groups is 1. The van der Waals surface area contributed by atoms with Crippen molar-refractivity contribution in [2.45, 2.75) is 36.9 Å². The third-order valence-electron chi connectivity index (χ3n) is 3.78. The Morgan fingerprint density at radius 2 is 2.24 bits per heavy atom. The lowest BCUT2D eigenvalue weighted by Crippen LogP contribution is -2.47. The van der Waals surface area contributed by atoms with E-state index in [1.54, 1.807) is 13.0 Å². The van der Waals surface area contributed by atoms with Gasteiger partial charge >= 0.3 is 0 Å². The van der Waals surface area contributed by atoms with Gasteiger partial charge in [-0.2, -0.15) is 0 Å². The molecule has 21 heavy (non-hydrogen) atoms. The van der Waals surface area contributed by atoms with E-state index in [9.17, 15) is 18.3 Å². The molecule has 1 aliphatic heterocycles. The van der Waals surface area contributed by atoms with Crippen LogP contribution in [0.2, 0.25) is 0 Å². The first-order chi connectivity index (χ1) is 9.74. The molecule has 0 amide bonds. The maximum Gasteiger partial charge on any atom is 0.240 e. The third kappa shape index (κ3) is 3.49. The Kier molecular flexibility index (Phi) is 4.48. The Hall–Kier alpha value is -1.28. The molecule has 0 bridgehead atoms. The predicted molar refractivity (Wildman–Crippen MR) is 76.6 cm³/mol. The van der Waals surface area contributed by atoms with E-state index in [0.717, 1.165) is 0 Å². The van der Waals surface area contributed by atoms with E-state index in [1.807, 2.05) is 0 Å². The number of carbonyl (C=O) groups excluding carboxylic acids is 1. The number of ketones is 1. The van der Waals surface area contributed by atoms with Crippen LogP contribution in [0.4, 0.5) is 0 Å². The van der Waals surface area contributed by atoms with Crippen LogP contribution in [0.3, 0.4) is 0 Å². The molecule has 0 radical (unpaired) electrons. The summed E-state index contributed by atoms with van der Waals surface area (Å²) in [4.78, 5) is 11.3. The van der Waals surface area contributed by atoms with E-state index in [4.69, 9.17) is 4.74 Å². The van der Waals surface area contributed by atoms with Gasteiger partial charge in [-0.3, -0.25) is 4.79 Å². The first-order valence-corrected chi connectivity index (χ1v) is 8.17. The highest BCUT2D eigenvalue weighted by atomic mass is 32.2. The highest BCUT2D eigenvalue weighted by Crippen LogP contribution is 2.25. The molecule has 0 aliphatic carbocycles. The van der Waals surface area contributed by atoms with Crippen LogP contribution in [0.25, 0.3) is 0 Å². The number of benzene rings is 1. The van der Waals surface area contributed by atoms with Gasteiger partial charge in [-0.05, 0) is 26.0 Å². The second kappa shape index (κ2) is 5.84. The fourth-order valence-corrected chi connectivity index (χ4v) is 3.33. The van der Waals surface area contributed by atoms with Gasteiger partial charge in [0.15, 0.2) is 5.78 Å². The SMILES string of the molecule is CC(=O)c1cccc(S(=O)(=O)NCC2(O)CCOC2C)c1. The smallest absolute Gasteiger partial charge is 0.240 e. The Morgan fingerprint density at radius 3 is 2.81 bits per heavy atom. The Morgan fingerprint density at radius 1 is 1.52 bits per heavy atom. The molecular formula is C14H19NO5S. The molecule has 1 aliphatic rings. The number of Topliss-reactive ketones (excluding diaryl/α,β-unsaturated/α-hetero) is 1. The van der Waals surface area contributed by atoms with Gasteiger partial charge in [0.05, 0.1) is 11.0 Å². The van der Waals surface area contributed by atoms with E-state index in [0.29, 0.717) is 18.6 Å². The number of rotatable bonds is 5. The molecule has 0 aromatic heterocycles. The molecule has 0 saturated carbocycles. The lowest BCUT2D eigenvalue weighted by Gasteiger charge is -2.26. The number of hydrogen-bond donors (Lipinski definition) is 2. The molecule has 116 valence electrons. The predicted octanol–water partition coefficient (Wildman–Crippen LogP) is 0.707. The summed E-state index contributed by atoms with van der Waals surface area (Å²) in [5, 5.41) is 10.3. The summed E-state index contributed by atoms with van der Waals surface area (Å²) >= 11 is 0. The molecule has 1 saturated heterocycles. The molecule has 6 nitrogen and oxygen atoms in total. The lowest BCUT2D eigenvalue weighted by atomic mass is 9.97. The number of hydrogen-bond acceptors (Lipinski definition) is 5. The van der Waals surface area contributed by atoms with E-state index in [-0.39, 0.29) is 17.2 Å². The molecule has 2 unspecified atom stereocenters. The fraction of sp³-hybridized carbons (Fsp3) is 0.500. The third-order valence-corrected chi connectivity index (χ3v) is 5.18. The van der Waals surface area contributed by atoms with Crippen molar-refractivity contribution in [2.75, 3.05) is 13.2 Å². The van der Waals surface area contributed by atoms with Crippen molar-refractivity contribution in [1.82, 2.24) is 4.72 Å². The summed E-state index contributed by atoms with van der Waals surface area (Å²) in [7, 11) is -3.78. The second-order valence-electron chi connectivity index (χ2n) is 5.28. The molecule has 0 spiro atoms. The number of ether oxygens (including phenoxy) is 1. The summed E-state index contributed by atoms with van der Waals surface area (Å²) in [6.07, 6.45) is -0.0479. The molecule has 7 heteroatoms. The normalized spacial score (nSPS) is 26.0. The molecule has 1 fully saturated rings. The molecule has 1 heterocycles. The van der Waals surface area contributed by atoms with Crippen molar-refractivity contribution < 1.29 is 23.1 Å². The zero-order chi connectivity index (χ0) is 15.7. The number of aliphatic hydroxyl groups is 1. The molecule has 2 N–H and O–H groups in total. The summed E-state index contributed by atoms with van der Waals surface area (Å²) < 4.78 is 32.1. The standard InChI is InChI=1S/C14H19NO5S/c1-10(16)12-4-3-5-13(8-12)21(18,19)15-9-14(17)6-7-20-11(14)2/h3-5,8,11,15,17H,6-7,9H2,1-2H3. The Balaban J connectivity index is 2.15. The van der Waals surface area contributed by atoms with Crippen molar-refractivity contribution >= 4 is 15.8 Å². The minimum atomic E-state index is -3.78. The van der Waals surface area contributed by atoms with Crippen LogP contribution in [-0.2, 0) is 14.8 Å². The fourth-order valence-electron chi connectivity index (χ4n) is 2.19. The van der Waals surface area contributed by atoms with E-state index < -0.39 is 21.7 Å². The zero-order valence-electron chi connectivity index (χ0n) is 12.0. The Labute approximate surface area is 124 Å². The minimum Gasteiger partial charge on any atom is -0.386 e. The number of nitrogens with one attached hydrogen (secondary N) is 1. The molecule has 1 aromatic rings. The highest BCUT2D eigenvalue weighted by Gasteiger charge is 2.40. The summed E-state index contributed by atoms with van der Waals surface area (Å²) in [5.41, 5.74) is -0.875. The molecular weight excluding hydrogens is 294 g/mol. The van der Waals surface area contributed by atoms with Crippen molar-refractivity contribution in [3.8, 4) is 0 Å². The van der Waals surface area contributed by atoms with Crippen LogP contribution in [0.1, 0.15) is 30.6 Å². The van der Waals surface area contributed by atoms with Crippen LogP contribution < -0.4 is 4.72 Å². The van der Waals surface area contributed by atoms with Gasteiger partial charge in [-0.1, -0.05) is 12.1 Å². The first kappa shape index (κ1) is 16.1. The van der Waals surface area contributed by atoms with Gasteiger partial charge in [-0.15, -0.1) is 0 Å². The average Bonchev–Trinajstić information content (AvgIpc) is 2.77. The maximum atomic E-state index is 12.2. The lowest BCUT2D eigenvalue weighted by molar-refractivity contribution is -0.0228. The van der Waals surface area contributed by atoms with Crippen molar-refractivity contribution in [1.29, 1.82) is 0 Å². The van der Waals surface area contributed by atoms with Gasteiger partial charge in [0.1, 0.15) is 5.60 Å². The minimum absolute atomic E-state index is 0.00497. The molecule has 2 atom stereocenters. The van der Waals surface area contributed by atoms with Crippen molar-refractivity contribution in [2.24, 2.45) is 0 Å². The van der Waals surface area contributed by atoms with Crippen molar-refractivity contribution in [3.05, 3.63) is 29.8 Å². The quantitative estimate of drug-likeness (QED) is 0.781. The van der Waals surface area contributed by atoms with Crippen LogP contribution in [0, 0.1) is 0 Å². The average molecular weight is 313 g/mol. The van der Waals surface area contributed by atoms with Crippen LogP contribution in [-0.4, -0.2) is 44.2 Å². The zero-order valence-corrected chi connectivity index (χ0v) is 12.8. The monoisotopic (exact) mass is 313 g/mol.